The molecule has 1 aromatic heterocycles. The molecule has 1 aliphatic heterocycles. The van der Waals surface area contributed by atoms with Crippen molar-refractivity contribution < 1.29 is 4.79 Å². The second-order valence-corrected chi connectivity index (χ2v) is 10.2. The van der Waals surface area contributed by atoms with Crippen LogP contribution in [0.1, 0.15) is 79.3 Å². The standard InChI is InChI=1S/C29H34N4O/c34-28(31-30-19-21-8-3-1-4-9-21)20-32-16-17-33-26-15-14-23(22-10-5-2-6-11-22)18-25(26)24-12-7-13-27(32)29(24)33/h1,3-4,8-9,14-15,18-19,22,27H,2,5-7,10-13,16-17,20H2,(H,31,34)/b30-19-/t27-/m0/s1. The summed E-state index contributed by atoms with van der Waals surface area (Å²) in [6, 6.07) is 17.5. The number of fused-ring (bicyclic) bond motifs is 3. The maximum Gasteiger partial charge on any atom is 0.254 e. The Morgan fingerprint density at radius 1 is 1.00 bits per heavy atom. The van der Waals surface area contributed by atoms with Crippen molar-refractivity contribution in [1.29, 1.82) is 0 Å². The van der Waals surface area contributed by atoms with Gasteiger partial charge in [-0.15, -0.1) is 0 Å². The number of hydrazone groups is 1. The summed E-state index contributed by atoms with van der Waals surface area (Å²) in [5, 5.41) is 5.64. The minimum atomic E-state index is -0.0385. The predicted octanol–water partition coefficient (Wildman–Crippen LogP) is 5.53. The Kier molecular flexibility index (Phi) is 5.96. The van der Waals surface area contributed by atoms with Gasteiger partial charge in [0, 0.05) is 29.7 Å². The molecule has 3 aliphatic rings. The summed E-state index contributed by atoms with van der Waals surface area (Å²) < 4.78 is 2.56. The Morgan fingerprint density at radius 2 is 1.85 bits per heavy atom. The van der Waals surface area contributed by atoms with Crippen LogP contribution in [0.4, 0.5) is 0 Å². The van der Waals surface area contributed by atoms with Gasteiger partial charge in [-0.05, 0) is 66.8 Å². The molecule has 5 heteroatoms. The number of aromatic nitrogens is 1. The average Bonchev–Trinajstić information content (AvgIpc) is 3.21. The van der Waals surface area contributed by atoms with E-state index in [1.807, 2.05) is 30.3 Å². The quantitative estimate of drug-likeness (QED) is 0.407. The Balaban J connectivity index is 1.22. The van der Waals surface area contributed by atoms with Crippen molar-refractivity contribution in [2.75, 3.05) is 13.1 Å². The third kappa shape index (κ3) is 4.07. The van der Waals surface area contributed by atoms with Gasteiger partial charge >= 0.3 is 0 Å². The van der Waals surface area contributed by atoms with Crippen LogP contribution in [0.15, 0.2) is 53.6 Å². The van der Waals surface area contributed by atoms with Crippen LogP contribution in [0, 0.1) is 0 Å². The summed E-state index contributed by atoms with van der Waals surface area (Å²) in [4.78, 5) is 15.1. The van der Waals surface area contributed by atoms with E-state index in [1.165, 1.54) is 60.7 Å². The first kappa shape index (κ1) is 21.6. The summed E-state index contributed by atoms with van der Waals surface area (Å²) in [5.41, 5.74) is 9.66. The molecule has 2 heterocycles. The number of benzene rings is 2. The molecule has 2 aliphatic carbocycles. The Bertz CT molecular complexity index is 1210. The predicted molar refractivity (Wildman–Crippen MR) is 137 cm³/mol. The molecule has 0 bridgehead atoms. The van der Waals surface area contributed by atoms with Crippen molar-refractivity contribution >= 4 is 23.0 Å². The smallest absolute Gasteiger partial charge is 0.254 e. The van der Waals surface area contributed by atoms with Gasteiger partial charge in [-0.25, -0.2) is 5.43 Å². The van der Waals surface area contributed by atoms with E-state index >= 15 is 0 Å². The molecule has 1 fully saturated rings. The second kappa shape index (κ2) is 9.38. The van der Waals surface area contributed by atoms with Crippen LogP contribution in [-0.4, -0.2) is 34.7 Å². The fraction of sp³-hybridized carbons (Fsp3) is 0.448. The summed E-state index contributed by atoms with van der Waals surface area (Å²) in [6.45, 7) is 2.25. The molecule has 1 N–H and O–H groups in total. The van der Waals surface area contributed by atoms with Gasteiger partial charge < -0.3 is 4.57 Å². The van der Waals surface area contributed by atoms with E-state index in [0.717, 1.165) is 37.4 Å². The minimum absolute atomic E-state index is 0.0385. The van der Waals surface area contributed by atoms with Gasteiger partial charge in [-0.2, -0.15) is 5.10 Å². The average molecular weight is 455 g/mol. The highest BCUT2D eigenvalue weighted by Gasteiger charge is 2.35. The molecule has 0 saturated heterocycles. The summed E-state index contributed by atoms with van der Waals surface area (Å²) in [6.07, 6.45) is 12.0. The van der Waals surface area contributed by atoms with Crippen LogP contribution in [-0.2, 0) is 17.8 Å². The zero-order chi connectivity index (χ0) is 22.9. The van der Waals surface area contributed by atoms with E-state index in [0.29, 0.717) is 12.6 Å². The molecule has 1 amide bonds. The first-order valence-corrected chi connectivity index (χ1v) is 13.0. The van der Waals surface area contributed by atoms with Crippen molar-refractivity contribution in [1.82, 2.24) is 14.9 Å². The Labute approximate surface area is 201 Å². The lowest BCUT2D eigenvalue weighted by Crippen LogP contribution is -2.44. The number of amides is 1. The monoisotopic (exact) mass is 454 g/mol. The van der Waals surface area contributed by atoms with Crippen molar-refractivity contribution in [3.63, 3.8) is 0 Å². The molecular formula is C29H34N4O. The van der Waals surface area contributed by atoms with Crippen molar-refractivity contribution in [2.24, 2.45) is 5.10 Å². The molecule has 0 radical (unpaired) electrons. The maximum absolute atomic E-state index is 12.7. The van der Waals surface area contributed by atoms with Crippen molar-refractivity contribution in [3.8, 4) is 0 Å². The van der Waals surface area contributed by atoms with Gasteiger partial charge in [0.2, 0.25) is 0 Å². The normalized spacial score (nSPS) is 21.1. The number of nitrogens with one attached hydrogen (secondary N) is 1. The third-order valence-corrected chi connectivity index (χ3v) is 8.13. The molecular weight excluding hydrogens is 420 g/mol. The zero-order valence-electron chi connectivity index (χ0n) is 19.9. The van der Waals surface area contributed by atoms with E-state index < -0.39 is 0 Å². The number of carbonyl (C=O) groups is 1. The van der Waals surface area contributed by atoms with Crippen molar-refractivity contribution in [3.05, 3.63) is 70.9 Å². The van der Waals surface area contributed by atoms with Gasteiger partial charge in [0.25, 0.3) is 5.91 Å². The van der Waals surface area contributed by atoms with Crippen LogP contribution >= 0.6 is 0 Å². The third-order valence-electron chi connectivity index (χ3n) is 8.13. The highest BCUT2D eigenvalue weighted by Crippen LogP contribution is 2.44. The van der Waals surface area contributed by atoms with Crippen molar-refractivity contribution in [2.45, 2.75) is 69.9 Å². The Morgan fingerprint density at radius 3 is 2.71 bits per heavy atom. The maximum atomic E-state index is 12.7. The first-order valence-electron chi connectivity index (χ1n) is 13.0. The number of rotatable bonds is 5. The van der Waals surface area contributed by atoms with Gasteiger partial charge in [-0.1, -0.05) is 55.7 Å². The first-order chi connectivity index (χ1) is 16.8. The van der Waals surface area contributed by atoms with E-state index in [4.69, 9.17) is 0 Å². The number of carbonyl (C=O) groups excluding carboxylic acids is 1. The fourth-order valence-electron chi connectivity index (χ4n) is 6.51. The largest absolute Gasteiger partial charge is 0.342 e. The molecule has 1 saturated carbocycles. The van der Waals surface area contributed by atoms with Crippen LogP contribution in [0.3, 0.4) is 0 Å². The van der Waals surface area contributed by atoms with Gasteiger partial charge in [-0.3, -0.25) is 9.69 Å². The molecule has 2 aromatic carbocycles. The molecule has 34 heavy (non-hydrogen) atoms. The lowest BCUT2D eigenvalue weighted by atomic mass is 9.83. The zero-order valence-corrected chi connectivity index (χ0v) is 19.9. The highest BCUT2D eigenvalue weighted by molar-refractivity contribution is 5.87. The second-order valence-electron chi connectivity index (χ2n) is 10.2. The number of aryl methyl sites for hydroxylation is 1. The molecule has 5 nitrogen and oxygen atoms in total. The highest BCUT2D eigenvalue weighted by atomic mass is 16.2. The van der Waals surface area contributed by atoms with E-state index in [-0.39, 0.29) is 5.91 Å². The van der Waals surface area contributed by atoms with E-state index in [2.05, 4.69) is 38.2 Å². The molecule has 3 aromatic rings. The molecule has 1 atom stereocenters. The van der Waals surface area contributed by atoms with Crippen LogP contribution in [0.2, 0.25) is 0 Å². The number of hydrogen-bond donors (Lipinski definition) is 1. The lowest BCUT2D eigenvalue weighted by molar-refractivity contribution is -0.123. The topological polar surface area (TPSA) is 49.6 Å². The van der Waals surface area contributed by atoms with Gasteiger partial charge in [0.1, 0.15) is 0 Å². The molecule has 6 rings (SSSR count). The molecule has 0 unspecified atom stereocenters. The van der Waals surface area contributed by atoms with Crippen LogP contribution < -0.4 is 5.43 Å². The SMILES string of the molecule is O=C(CN1CCn2c3c(c4cc(C5CCCCC5)ccc42)CCC[C@@H]31)N/N=C\c1ccccc1. The number of nitrogens with zero attached hydrogens (tertiary/aromatic N) is 3. The Hall–Kier alpha value is -2.92. The summed E-state index contributed by atoms with van der Waals surface area (Å²) in [7, 11) is 0. The van der Waals surface area contributed by atoms with Gasteiger partial charge in [0.15, 0.2) is 0 Å². The number of hydrogen-bond acceptors (Lipinski definition) is 3. The van der Waals surface area contributed by atoms with Gasteiger partial charge in [0.05, 0.1) is 18.8 Å². The molecule has 176 valence electrons. The van der Waals surface area contributed by atoms with E-state index in [1.54, 1.807) is 11.8 Å². The summed E-state index contributed by atoms with van der Waals surface area (Å²) in [5.74, 6) is 0.696. The fourth-order valence-corrected chi connectivity index (χ4v) is 6.51. The summed E-state index contributed by atoms with van der Waals surface area (Å²) >= 11 is 0. The lowest BCUT2D eigenvalue weighted by Gasteiger charge is -2.39. The van der Waals surface area contributed by atoms with E-state index in [9.17, 15) is 4.79 Å². The van der Waals surface area contributed by atoms with Crippen LogP contribution in [0.25, 0.3) is 10.9 Å². The van der Waals surface area contributed by atoms with Crippen LogP contribution in [0.5, 0.6) is 0 Å². The minimum Gasteiger partial charge on any atom is -0.342 e. The molecule has 0 spiro atoms.